The van der Waals surface area contributed by atoms with Crippen LogP contribution < -0.4 is 10.2 Å². The smallest absolute Gasteiger partial charge is 0.370 e. The van der Waals surface area contributed by atoms with Crippen molar-refractivity contribution in [3.63, 3.8) is 0 Å². The van der Waals surface area contributed by atoms with Crippen LogP contribution in [0.25, 0.3) is 11.3 Å². The Bertz CT molecular complexity index is 1100. The second kappa shape index (κ2) is 8.03. The third kappa shape index (κ3) is 4.20. The Hall–Kier alpha value is -3.60. The van der Waals surface area contributed by atoms with Crippen molar-refractivity contribution in [2.45, 2.75) is 19.0 Å². The van der Waals surface area contributed by atoms with E-state index < -0.39 is 11.7 Å². The third-order valence-electron chi connectivity index (χ3n) is 4.96. The first-order chi connectivity index (χ1) is 14.4. The number of rotatable bonds is 4. The number of nitrogens with zero attached hydrogens (tertiary/aromatic N) is 4. The van der Waals surface area contributed by atoms with Crippen LogP contribution in [0.3, 0.4) is 0 Å². The maximum atomic E-state index is 12.9. The number of hydrogen-bond donors (Lipinski definition) is 1. The van der Waals surface area contributed by atoms with Gasteiger partial charge < -0.3 is 10.2 Å². The Kier molecular flexibility index (Phi) is 5.27. The van der Waals surface area contributed by atoms with E-state index in [0.717, 1.165) is 49.3 Å². The van der Waals surface area contributed by atoms with E-state index in [9.17, 15) is 18.4 Å². The summed E-state index contributed by atoms with van der Waals surface area (Å²) in [5.41, 5.74) is 2.28. The lowest BCUT2D eigenvalue weighted by Crippen LogP contribution is -2.18. The SMILES string of the molecule is N#Cc1cc(-c2ccnc(Nc3cccc(C(F)(F)F)c3)n2)ccc1N1CCCC1. The van der Waals surface area contributed by atoms with Crippen LogP contribution in [-0.2, 0) is 6.18 Å². The molecule has 30 heavy (non-hydrogen) atoms. The Morgan fingerprint density at radius 1 is 1.03 bits per heavy atom. The molecule has 8 heteroatoms. The molecule has 1 N–H and O–H groups in total. The summed E-state index contributed by atoms with van der Waals surface area (Å²) >= 11 is 0. The number of nitriles is 1. The van der Waals surface area contributed by atoms with Gasteiger partial charge in [-0.3, -0.25) is 0 Å². The lowest BCUT2D eigenvalue weighted by Gasteiger charge is -2.19. The quantitative estimate of drug-likeness (QED) is 0.627. The minimum Gasteiger partial charge on any atom is -0.370 e. The molecule has 0 atom stereocenters. The van der Waals surface area contributed by atoms with E-state index in [1.165, 1.54) is 18.3 Å². The number of benzene rings is 2. The molecule has 0 amide bonds. The summed E-state index contributed by atoms with van der Waals surface area (Å²) in [4.78, 5) is 10.7. The molecular formula is C22H18F3N5. The first kappa shape index (κ1) is 19.7. The zero-order valence-corrected chi connectivity index (χ0v) is 15.9. The number of halogens is 3. The van der Waals surface area contributed by atoms with Crippen molar-refractivity contribution < 1.29 is 13.2 Å². The van der Waals surface area contributed by atoms with E-state index in [1.807, 2.05) is 12.1 Å². The van der Waals surface area contributed by atoms with Gasteiger partial charge in [0.25, 0.3) is 0 Å². The molecule has 2 aromatic carbocycles. The molecule has 1 fully saturated rings. The molecule has 0 spiro atoms. The lowest BCUT2D eigenvalue weighted by molar-refractivity contribution is -0.137. The summed E-state index contributed by atoms with van der Waals surface area (Å²) in [7, 11) is 0. The molecule has 4 rings (SSSR count). The molecular weight excluding hydrogens is 391 g/mol. The van der Waals surface area contributed by atoms with Gasteiger partial charge in [0.05, 0.1) is 22.5 Å². The maximum Gasteiger partial charge on any atom is 0.416 e. The van der Waals surface area contributed by atoms with Gasteiger partial charge in [0.15, 0.2) is 0 Å². The van der Waals surface area contributed by atoms with Gasteiger partial charge in [-0.25, -0.2) is 9.97 Å². The standard InChI is InChI=1S/C22H18F3N5/c23-22(24,25)17-4-3-5-18(13-17)28-21-27-9-8-19(29-21)15-6-7-20(16(12-15)14-26)30-10-1-2-11-30/h3-9,12-13H,1-2,10-11H2,(H,27,28,29). The molecule has 1 aromatic heterocycles. The third-order valence-corrected chi connectivity index (χ3v) is 4.96. The largest absolute Gasteiger partial charge is 0.416 e. The molecule has 1 aliphatic rings. The Morgan fingerprint density at radius 2 is 1.83 bits per heavy atom. The number of aromatic nitrogens is 2. The topological polar surface area (TPSA) is 64.8 Å². The van der Waals surface area contributed by atoms with E-state index in [2.05, 4.69) is 26.3 Å². The van der Waals surface area contributed by atoms with Crippen molar-refractivity contribution in [2.75, 3.05) is 23.3 Å². The van der Waals surface area contributed by atoms with Crippen molar-refractivity contribution in [3.8, 4) is 17.3 Å². The van der Waals surface area contributed by atoms with Gasteiger partial charge >= 0.3 is 6.18 Å². The molecule has 1 aliphatic heterocycles. The van der Waals surface area contributed by atoms with Gasteiger partial charge in [-0.2, -0.15) is 18.4 Å². The van der Waals surface area contributed by atoms with Crippen molar-refractivity contribution in [1.82, 2.24) is 9.97 Å². The van der Waals surface area contributed by atoms with Gasteiger partial charge in [-0.1, -0.05) is 12.1 Å². The van der Waals surface area contributed by atoms with E-state index in [4.69, 9.17) is 0 Å². The monoisotopic (exact) mass is 409 g/mol. The van der Waals surface area contributed by atoms with Crippen LogP contribution >= 0.6 is 0 Å². The zero-order chi connectivity index (χ0) is 21.1. The molecule has 0 aliphatic carbocycles. The normalized spacial score (nSPS) is 13.9. The van der Waals surface area contributed by atoms with Crippen LogP contribution in [0.1, 0.15) is 24.0 Å². The van der Waals surface area contributed by atoms with Crippen molar-refractivity contribution in [2.24, 2.45) is 0 Å². The highest BCUT2D eigenvalue weighted by Crippen LogP contribution is 2.32. The van der Waals surface area contributed by atoms with Crippen LogP contribution in [0.15, 0.2) is 54.7 Å². The molecule has 0 saturated carbocycles. The number of alkyl halides is 3. The average molecular weight is 409 g/mol. The summed E-state index contributed by atoms with van der Waals surface area (Å²) in [6, 6.07) is 14.4. The van der Waals surface area contributed by atoms with Gasteiger partial charge in [-0.05, 0) is 49.2 Å². The van der Waals surface area contributed by atoms with Crippen LogP contribution in [-0.4, -0.2) is 23.1 Å². The molecule has 5 nitrogen and oxygen atoms in total. The van der Waals surface area contributed by atoms with E-state index in [-0.39, 0.29) is 11.6 Å². The van der Waals surface area contributed by atoms with E-state index >= 15 is 0 Å². The Morgan fingerprint density at radius 3 is 2.57 bits per heavy atom. The first-order valence-electron chi connectivity index (χ1n) is 9.51. The zero-order valence-electron chi connectivity index (χ0n) is 15.9. The summed E-state index contributed by atoms with van der Waals surface area (Å²) in [6.45, 7) is 1.87. The molecule has 0 unspecified atom stereocenters. The van der Waals surface area contributed by atoms with Gasteiger partial charge in [0.2, 0.25) is 5.95 Å². The molecule has 0 radical (unpaired) electrons. The predicted octanol–water partition coefficient (Wildman–Crippen LogP) is 5.38. The predicted molar refractivity (Wildman–Crippen MR) is 108 cm³/mol. The van der Waals surface area contributed by atoms with Crippen LogP contribution in [0, 0.1) is 11.3 Å². The van der Waals surface area contributed by atoms with Crippen molar-refractivity contribution in [1.29, 1.82) is 5.26 Å². The van der Waals surface area contributed by atoms with E-state index in [0.29, 0.717) is 11.3 Å². The number of hydrogen-bond acceptors (Lipinski definition) is 5. The fraction of sp³-hybridized carbons (Fsp3) is 0.227. The molecule has 3 aromatic rings. The Balaban J connectivity index is 1.60. The highest BCUT2D eigenvalue weighted by atomic mass is 19.4. The fourth-order valence-electron chi connectivity index (χ4n) is 3.50. The fourth-order valence-corrected chi connectivity index (χ4v) is 3.50. The van der Waals surface area contributed by atoms with Gasteiger partial charge in [-0.15, -0.1) is 0 Å². The van der Waals surface area contributed by atoms with E-state index in [1.54, 1.807) is 12.1 Å². The lowest BCUT2D eigenvalue weighted by atomic mass is 10.1. The van der Waals surface area contributed by atoms with Crippen LogP contribution in [0.2, 0.25) is 0 Å². The minimum atomic E-state index is -4.43. The van der Waals surface area contributed by atoms with Crippen molar-refractivity contribution >= 4 is 17.3 Å². The summed E-state index contributed by atoms with van der Waals surface area (Å²) < 4.78 is 38.8. The first-order valence-corrected chi connectivity index (χ1v) is 9.51. The number of anilines is 3. The van der Waals surface area contributed by atoms with Crippen LogP contribution in [0.5, 0.6) is 0 Å². The summed E-state index contributed by atoms with van der Waals surface area (Å²) in [6.07, 6.45) is -0.671. The summed E-state index contributed by atoms with van der Waals surface area (Å²) in [5.74, 6) is 0.175. The van der Waals surface area contributed by atoms with Gasteiger partial charge in [0, 0.05) is 30.5 Å². The molecule has 1 saturated heterocycles. The summed E-state index contributed by atoms with van der Waals surface area (Å²) in [5, 5.41) is 12.4. The van der Waals surface area contributed by atoms with Crippen molar-refractivity contribution in [3.05, 3.63) is 65.9 Å². The average Bonchev–Trinajstić information content (AvgIpc) is 3.28. The Labute approximate surface area is 171 Å². The molecule has 0 bridgehead atoms. The van der Waals surface area contributed by atoms with Gasteiger partial charge in [0.1, 0.15) is 6.07 Å². The molecule has 152 valence electrons. The highest BCUT2D eigenvalue weighted by Gasteiger charge is 2.30. The highest BCUT2D eigenvalue weighted by molar-refractivity contribution is 5.70. The van der Waals surface area contributed by atoms with Crippen LogP contribution in [0.4, 0.5) is 30.5 Å². The second-order valence-electron chi connectivity index (χ2n) is 7.01. The minimum absolute atomic E-state index is 0.175. The maximum absolute atomic E-state index is 12.9. The molecule has 2 heterocycles. The second-order valence-corrected chi connectivity index (χ2v) is 7.01. The number of nitrogens with one attached hydrogen (secondary N) is 1.